The van der Waals surface area contributed by atoms with Gasteiger partial charge in [0, 0.05) is 29.6 Å². The summed E-state index contributed by atoms with van der Waals surface area (Å²) in [4.78, 5) is 26.7. The molecule has 2 atom stereocenters. The second kappa shape index (κ2) is 11.4. The smallest absolute Gasteiger partial charge is 0.435 e. The number of fused-ring (bicyclic) bond motifs is 3. The van der Waals surface area contributed by atoms with Crippen LogP contribution in [-0.2, 0) is 20.7 Å². The number of rotatable bonds is 5. The molecule has 1 aliphatic rings. The van der Waals surface area contributed by atoms with Crippen molar-refractivity contribution in [1.29, 1.82) is 0 Å². The minimum Gasteiger partial charge on any atom is -0.457 e. The van der Waals surface area contributed by atoms with Crippen molar-refractivity contribution in [3.8, 4) is 0 Å². The summed E-state index contributed by atoms with van der Waals surface area (Å²) >= 11 is 0. The molecule has 4 rings (SSSR count). The standard InChI is InChI=1S/C33H40F3N3O4/c1-19-14-22-21(11-12-26-23(22)17-37-39(26)30(41)43-32(5,6)7)29(38(19)18-33(8,9)36)28-24(34)15-20(16-25(28)35)10-13-27(40)42-31(2,3)4/h10-13,15-17,19,29H,14,18H2,1-9H3/b13-10+/t19-,29+/m1/s1. The first kappa shape index (κ1) is 32.3. The maximum absolute atomic E-state index is 15.9. The number of esters is 1. The summed E-state index contributed by atoms with van der Waals surface area (Å²) in [6.07, 6.45) is 3.76. The molecule has 0 radical (unpaired) electrons. The van der Waals surface area contributed by atoms with Gasteiger partial charge in [0.1, 0.15) is 28.5 Å². The van der Waals surface area contributed by atoms with Gasteiger partial charge in [-0.2, -0.15) is 9.78 Å². The Hall–Kier alpha value is -3.66. The van der Waals surface area contributed by atoms with Crippen LogP contribution < -0.4 is 0 Å². The van der Waals surface area contributed by atoms with E-state index < -0.39 is 46.6 Å². The van der Waals surface area contributed by atoms with Gasteiger partial charge in [-0.1, -0.05) is 6.07 Å². The molecule has 0 amide bonds. The number of carbonyl (C=O) groups is 2. The van der Waals surface area contributed by atoms with Crippen LogP contribution >= 0.6 is 0 Å². The molecule has 0 spiro atoms. The van der Waals surface area contributed by atoms with Crippen molar-refractivity contribution in [2.75, 3.05) is 6.54 Å². The van der Waals surface area contributed by atoms with E-state index in [1.54, 1.807) is 64.8 Å². The molecule has 7 nitrogen and oxygen atoms in total. The average Bonchev–Trinajstić information content (AvgIpc) is 3.26. The molecule has 0 saturated carbocycles. The number of carbonyl (C=O) groups excluding carboxylic acids is 2. The van der Waals surface area contributed by atoms with Gasteiger partial charge in [0.15, 0.2) is 0 Å². The van der Waals surface area contributed by atoms with Crippen molar-refractivity contribution in [1.82, 2.24) is 14.7 Å². The van der Waals surface area contributed by atoms with Crippen molar-refractivity contribution >= 4 is 29.0 Å². The third kappa shape index (κ3) is 7.47. The summed E-state index contributed by atoms with van der Waals surface area (Å²) in [5.74, 6) is -2.31. The lowest BCUT2D eigenvalue weighted by Crippen LogP contribution is -2.48. The van der Waals surface area contributed by atoms with Crippen LogP contribution in [-0.4, -0.2) is 56.2 Å². The van der Waals surface area contributed by atoms with Gasteiger partial charge in [-0.25, -0.2) is 22.8 Å². The molecule has 43 heavy (non-hydrogen) atoms. The Bertz CT molecular complexity index is 1550. The SMILES string of the molecule is C[C@@H]1Cc2c(ccc3c2cnn3C(=O)OC(C)(C)C)[C@@H](c2c(F)cc(/C=C/C(=O)OC(C)(C)C)cc2F)N1CC(C)(C)F. The fourth-order valence-corrected chi connectivity index (χ4v) is 5.42. The minimum atomic E-state index is -1.65. The van der Waals surface area contributed by atoms with Crippen molar-refractivity contribution in [2.45, 2.75) is 97.7 Å². The van der Waals surface area contributed by atoms with E-state index in [0.717, 1.165) is 23.8 Å². The molecule has 10 heteroatoms. The fourth-order valence-electron chi connectivity index (χ4n) is 5.42. The van der Waals surface area contributed by atoms with Gasteiger partial charge in [-0.05, 0) is 110 Å². The highest BCUT2D eigenvalue weighted by atomic mass is 19.1. The Morgan fingerprint density at radius 2 is 1.60 bits per heavy atom. The van der Waals surface area contributed by atoms with Gasteiger partial charge in [0.2, 0.25) is 0 Å². The highest BCUT2D eigenvalue weighted by molar-refractivity contribution is 5.91. The molecule has 1 aromatic heterocycles. The second-order valence-corrected chi connectivity index (χ2v) is 13.7. The van der Waals surface area contributed by atoms with Gasteiger partial charge >= 0.3 is 12.1 Å². The van der Waals surface area contributed by atoms with E-state index in [-0.39, 0.29) is 23.7 Å². The predicted octanol–water partition coefficient (Wildman–Crippen LogP) is 7.54. The molecule has 232 valence electrons. The minimum absolute atomic E-state index is 0.0767. The molecular weight excluding hydrogens is 559 g/mol. The van der Waals surface area contributed by atoms with E-state index in [2.05, 4.69) is 5.10 Å². The maximum Gasteiger partial charge on any atom is 0.435 e. The lowest BCUT2D eigenvalue weighted by Gasteiger charge is -2.44. The summed E-state index contributed by atoms with van der Waals surface area (Å²) in [5.41, 5.74) is -1.33. The normalized spacial score (nSPS) is 18.2. The van der Waals surface area contributed by atoms with Gasteiger partial charge in [-0.3, -0.25) is 4.90 Å². The molecule has 0 N–H and O–H groups in total. The number of hydrogen-bond donors (Lipinski definition) is 0. The zero-order chi connectivity index (χ0) is 32.1. The Balaban J connectivity index is 1.83. The van der Waals surface area contributed by atoms with E-state index in [0.29, 0.717) is 22.9 Å². The molecular formula is C33H40F3N3O4. The number of nitrogens with zero attached hydrogens (tertiary/aromatic N) is 3. The first-order valence-corrected chi connectivity index (χ1v) is 14.3. The monoisotopic (exact) mass is 599 g/mol. The lowest BCUT2D eigenvalue weighted by atomic mass is 9.82. The highest BCUT2D eigenvalue weighted by Gasteiger charge is 2.40. The fraction of sp³-hybridized carbons (Fsp3) is 0.485. The molecule has 0 bridgehead atoms. The molecule has 0 aliphatic carbocycles. The Morgan fingerprint density at radius 3 is 2.16 bits per heavy atom. The number of aromatic nitrogens is 2. The van der Waals surface area contributed by atoms with Crippen molar-refractivity contribution in [3.05, 3.63) is 70.4 Å². The number of alkyl halides is 1. The van der Waals surface area contributed by atoms with Crippen LogP contribution in [0.15, 0.2) is 36.5 Å². The number of hydrogen-bond acceptors (Lipinski definition) is 6. The summed E-state index contributed by atoms with van der Waals surface area (Å²) in [6, 6.07) is 4.40. The lowest BCUT2D eigenvalue weighted by molar-refractivity contribution is -0.148. The molecule has 0 saturated heterocycles. The third-order valence-electron chi connectivity index (χ3n) is 6.91. The zero-order valence-corrected chi connectivity index (χ0v) is 26.2. The van der Waals surface area contributed by atoms with Crippen LogP contribution in [0.5, 0.6) is 0 Å². The summed E-state index contributed by atoms with van der Waals surface area (Å²) in [5, 5.41) is 4.92. The number of halogens is 3. The molecule has 2 heterocycles. The van der Waals surface area contributed by atoms with Crippen LogP contribution in [0, 0.1) is 11.6 Å². The van der Waals surface area contributed by atoms with Crippen molar-refractivity contribution in [3.63, 3.8) is 0 Å². The van der Waals surface area contributed by atoms with Gasteiger partial charge < -0.3 is 9.47 Å². The first-order chi connectivity index (χ1) is 19.7. The van der Waals surface area contributed by atoms with E-state index in [1.165, 1.54) is 24.6 Å². The summed E-state index contributed by atoms with van der Waals surface area (Å²) in [6.45, 7) is 15.1. The maximum atomic E-state index is 15.9. The largest absolute Gasteiger partial charge is 0.457 e. The molecule has 1 aliphatic heterocycles. The van der Waals surface area contributed by atoms with Crippen molar-refractivity contribution < 1.29 is 32.2 Å². The van der Waals surface area contributed by atoms with Crippen LogP contribution in [0.3, 0.4) is 0 Å². The molecule has 3 aromatic rings. The van der Waals surface area contributed by atoms with E-state index in [4.69, 9.17) is 9.47 Å². The molecule has 2 aromatic carbocycles. The quantitative estimate of drug-likeness (QED) is 0.223. The third-order valence-corrected chi connectivity index (χ3v) is 6.91. The number of benzene rings is 2. The molecule has 0 fully saturated rings. The molecule has 0 unspecified atom stereocenters. The summed E-state index contributed by atoms with van der Waals surface area (Å²) in [7, 11) is 0. The first-order valence-electron chi connectivity index (χ1n) is 14.3. The van der Waals surface area contributed by atoms with Gasteiger partial charge in [0.25, 0.3) is 0 Å². The average molecular weight is 600 g/mol. The summed E-state index contributed by atoms with van der Waals surface area (Å²) < 4.78 is 58.8. The zero-order valence-electron chi connectivity index (χ0n) is 26.2. The topological polar surface area (TPSA) is 73.7 Å². The van der Waals surface area contributed by atoms with Gasteiger partial charge in [0.05, 0.1) is 17.8 Å². The van der Waals surface area contributed by atoms with E-state index >= 15 is 13.2 Å². The highest BCUT2D eigenvalue weighted by Crippen LogP contribution is 2.43. The second-order valence-electron chi connectivity index (χ2n) is 13.7. The van der Waals surface area contributed by atoms with Crippen LogP contribution in [0.4, 0.5) is 18.0 Å². The van der Waals surface area contributed by atoms with E-state index in [1.807, 2.05) is 6.92 Å². The Kier molecular flexibility index (Phi) is 8.59. The Labute approximate surface area is 250 Å². The van der Waals surface area contributed by atoms with Crippen LogP contribution in [0.1, 0.15) is 90.6 Å². The van der Waals surface area contributed by atoms with E-state index in [9.17, 15) is 9.59 Å². The Morgan fingerprint density at radius 1 is 1.00 bits per heavy atom. The number of ether oxygens (including phenoxy) is 2. The van der Waals surface area contributed by atoms with Gasteiger partial charge in [-0.15, -0.1) is 0 Å². The van der Waals surface area contributed by atoms with Crippen LogP contribution in [0.2, 0.25) is 0 Å². The predicted molar refractivity (Wildman–Crippen MR) is 160 cm³/mol. The van der Waals surface area contributed by atoms with Crippen LogP contribution in [0.25, 0.3) is 17.0 Å². The van der Waals surface area contributed by atoms with Crippen molar-refractivity contribution in [2.24, 2.45) is 0 Å².